The van der Waals surface area contributed by atoms with Gasteiger partial charge in [0.2, 0.25) is 0 Å². The number of fused-ring (bicyclic) bond motifs is 2. The molecule has 0 saturated carbocycles. The maximum atomic E-state index is 5.60. The number of nitrogens with zero attached hydrogens (tertiary/aromatic N) is 3. The quantitative estimate of drug-likeness (QED) is 0.697. The Hall–Kier alpha value is -2.37. The van der Waals surface area contributed by atoms with E-state index in [1.807, 2.05) is 18.2 Å². The summed E-state index contributed by atoms with van der Waals surface area (Å²) >= 11 is 0. The summed E-state index contributed by atoms with van der Waals surface area (Å²) in [5.41, 5.74) is 4.73. The third-order valence-corrected chi connectivity index (χ3v) is 5.76. The molecule has 0 atom stereocenters. The van der Waals surface area contributed by atoms with Gasteiger partial charge in [-0.15, -0.1) is 0 Å². The van der Waals surface area contributed by atoms with Crippen LogP contribution in [0.1, 0.15) is 16.8 Å². The summed E-state index contributed by atoms with van der Waals surface area (Å²) < 4.78 is 11.0. The second-order valence-corrected chi connectivity index (χ2v) is 7.53. The number of hydrogen-bond acceptors (Lipinski definition) is 5. The molecule has 27 heavy (non-hydrogen) atoms. The average molecular weight is 363 g/mol. The molecule has 140 valence electrons. The normalized spacial score (nSPS) is 17.9. The second kappa shape index (κ2) is 7.33. The lowest BCUT2D eigenvalue weighted by molar-refractivity contribution is 0.126. The third-order valence-electron chi connectivity index (χ3n) is 5.76. The van der Waals surface area contributed by atoms with E-state index >= 15 is 0 Å². The van der Waals surface area contributed by atoms with Crippen LogP contribution in [0, 0.1) is 0 Å². The van der Waals surface area contributed by atoms with E-state index in [4.69, 9.17) is 9.26 Å². The van der Waals surface area contributed by atoms with Gasteiger partial charge in [-0.1, -0.05) is 29.4 Å². The molecule has 0 N–H and O–H groups in total. The Balaban J connectivity index is 1.13. The molecule has 0 unspecified atom stereocenters. The lowest BCUT2D eigenvalue weighted by Gasteiger charge is -2.34. The van der Waals surface area contributed by atoms with Crippen LogP contribution in [-0.2, 0) is 19.4 Å². The largest absolute Gasteiger partial charge is 0.493 e. The zero-order chi connectivity index (χ0) is 18.1. The van der Waals surface area contributed by atoms with E-state index in [9.17, 15) is 0 Å². The maximum absolute atomic E-state index is 5.60. The predicted molar refractivity (Wildman–Crippen MR) is 105 cm³/mol. The molecule has 0 aliphatic carbocycles. The molecule has 0 spiro atoms. The molecule has 5 nitrogen and oxygen atoms in total. The first-order valence-corrected chi connectivity index (χ1v) is 9.88. The molecule has 0 amide bonds. The van der Waals surface area contributed by atoms with Gasteiger partial charge in [-0.2, -0.15) is 0 Å². The average Bonchev–Trinajstić information content (AvgIpc) is 3.34. The van der Waals surface area contributed by atoms with Crippen LogP contribution in [0.3, 0.4) is 0 Å². The van der Waals surface area contributed by atoms with Gasteiger partial charge in [0, 0.05) is 51.1 Å². The highest BCUT2D eigenvalue weighted by Gasteiger charge is 2.19. The lowest BCUT2D eigenvalue weighted by Crippen LogP contribution is -2.46. The zero-order valence-electron chi connectivity index (χ0n) is 15.6. The lowest BCUT2D eigenvalue weighted by atomic mass is 10.1. The molecule has 5 heteroatoms. The molecule has 1 aromatic heterocycles. The highest BCUT2D eigenvalue weighted by molar-refractivity contribution is 5.79. The van der Waals surface area contributed by atoms with Crippen molar-refractivity contribution in [3.05, 3.63) is 59.3 Å². The fourth-order valence-corrected chi connectivity index (χ4v) is 4.12. The number of aromatic nitrogens is 1. The van der Waals surface area contributed by atoms with Gasteiger partial charge in [-0.05, 0) is 35.7 Å². The second-order valence-electron chi connectivity index (χ2n) is 7.53. The maximum Gasteiger partial charge on any atom is 0.167 e. The smallest absolute Gasteiger partial charge is 0.167 e. The van der Waals surface area contributed by atoms with Crippen LogP contribution in [0.2, 0.25) is 0 Å². The van der Waals surface area contributed by atoms with Crippen molar-refractivity contribution in [2.45, 2.75) is 19.4 Å². The minimum atomic E-state index is 0.835. The highest BCUT2D eigenvalue weighted by atomic mass is 16.5. The number of para-hydroxylation sites is 1. The Morgan fingerprint density at radius 2 is 1.81 bits per heavy atom. The first-order valence-electron chi connectivity index (χ1n) is 9.88. The van der Waals surface area contributed by atoms with Gasteiger partial charge in [0.05, 0.1) is 6.61 Å². The monoisotopic (exact) mass is 363 g/mol. The minimum absolute atomic E-state index is 0.835. The van der Waals surface area contributed by atoms with Gasteiger partial charge in [-0.25, -0.2) is 0 Å². The van der Waals surface area contributed by atoms with Crippen LogP contribution >= 0.6 is 0 Å². The first-order chi connectivity index (χ1) is 13.3. The molecular formula is C22H25N3O2. The van der Waals surface area contributed by atoms with Gasteiger partial charge in [0.1, 0.15) is 11.4 Å². The van der Waals surface area contributed by atoms with E-state index in [-0.39, 0.29) is 0 Å². The standard InChI is InChI=1S/C22H25N3O2/c1-2-4-22-19(3-1)20(23-27-22)16-25-12-10-24(11-13-25)9-7-17-5-6-21-18(15-17)8-14-26-21/h1-6,15H,7-14,16H2. The van der Waals surface area contributed by atoms with Crippen LogP contribution in [-0.4, -0.2) is 54.3 Å². The fraction of sp³-hybridized carbons (Fsp3) is 0.409. The van der Waals surface area contributed by atoms with Crippen LogP contribution in [0.4, 0.5) is 0 Å². The minimum Gasteiger partial charge on any atom is -0.493 e. The van der Waals surface area contributed by atoms with E-state index in [0.717, 1.165) is 81.1 Å². The first kappa shape index (κ1) is 16.8. The summed E-state index contributed by atoms with van der Waals surface area (Å²) in [4.78, 5) is 5.05. The number of piperazine rings is 1. The van der Waals surface area contributed by atoms with Crippen molar-refractivity contribution in [1.82, 2.24) is 15.0 Å². The molecule has 0 radical (unpaired) electrons. The Bertz CT molecular complexity index is 928. The van der Waals surface area contributed by atoms with Crippen LogP contribution in [0.15, 0.2) is 47.0 Å². The van der Waals surface area contributed by atoms with Crippen LogP contribution in [0.25, 0.3) is 11.0 Å². The molecule has 2 aliphatic heterocycles. The molecule has 2 aliphatic rings. The van der Waals surface area contributed by atoms with Gasteiger partial charge < -0.3 is 14.2 Å². The van der Waals surface area contributed by atoms with Crippen molar-refractivity contribution in [2.75, 3.05) is 39.3 Å². The van der Waals surface area contributed by atoms with Gasteiger partial charge in [0.15, 0.2) is 5.58 Å². The van der Waals surface area contributed by atoms with Crippen molar-refractivity contribution in [3.63, 3.8) is 0 Å². The van der Waals surface area contributed by atoms with Crippen molar-refractivity contribution >= 4 is 11.0 Å². The van der Waals surface area contributed by atoms with E-state index in [1.165, 1.54) is 11.1 Å². The third kappa shape index (κ3) is 3.57. The van der Waals surface area contributed by atoms with E-state index < -0.39 is 0 Å². The summed E-state index contributed by atoms with van der Waals surface area (Å²) in [5.74, 6) is 1.08. The molecule has 5 rings (SSSR count). The molecule has 3 heterocycles. The number of benzene rings is 2. The van der Waals surface area contributed by atoms with E-state index in [1.54, 1.807) is 0 Å². The summed E-state index contributed by atoms with van der Waals surface area (Å²) in [7, 11) is 0. The summed E-state index contributed by atoms with van der Waals surface area (Å²) in [6, 6.07) is 14.8. The van der Waals surface area contributed by atoms with Crippen LogP contribution < -0.4 is 4.74 Å². The SMILES string of the molecule is c1ccc2c(CN3CCN(CCc4ccc5c(c4)CCO5)CC3)noc2c1. The molecular weight excluding hydrogens is 338 g/mol. The highest BCUT2D eigenvalue weighted by Crippen LogP contribution is 2.26. The topological polar surface area (TPSA) is 41.7 Å². The Kier molecular flexibility index (Phi) is 4.56. The molecule has 1 fully saturated rings. The Labute approximate surface area is 159 Å². The summed E-state index contributed by atoms with van der Waals surface area (Å²) in [6.07, 6.45) is 2.17. The number of ether oxygens (including phenoxy) is 1. The Morgan fingerprint density at radius 3 is 2.74 bits per heavy atom. The summed E-state index contributed by atoms with van der Waals surface area (Å²) in [6.45, 7) is 7.23. The van der Waals surface area contributed by atoms with Gasteiger partial charge in [-0.3, -0.25) is 4.90 Å². The van der Waals surface area contributed by atoms with Crippen LogP contribution in [0.5, 0.6) is 5.75 Å². The molecule has 1 saturated heterocycles. The predicted octanol–water partition coefficient (Wildman–Crippen LogP) is 3.12. The number of rotatable bonds is 5. The fourth-order valence-electron chi connectivity index (χ4n) is 4.12. The van der Waals surface area contributed by atoms with Crippen molar-refractivity contribution < 1.29 is 9.26 Å². The zero-order valence-corrected chi connectivity index (χ0v) is 15.6. The van der Waals surface area contributed by atoms with E-state index in [2.05, 4.69) is 39.2 Å². The Morgan fingerprint density at radius 1 is 0.963 bits per heavy atom. The summed E-state index contributed by atoms with van der Waals surface area (Å²) in [5, 5.41) is 5.41. The van der Waals surface area contributed by atoms with Gasteiger partial charge >= 0.3 is 0 Å². The molecule has 0 bridgehead atoms. The number of hydrogen-bond donors (Lipinski definition) is 0. The van der Waals surface area contributed by atoms with E-state index in [0.29, 0.717) is 0 Å². The van der Waals surface area contributed by atoms with Crippen molar-refractivity contribution in [2.24, 2.45) is 0 Å². The molecule has 2 aromatic carbocycles. The van der Waals surface area contributed by atoms with Gasteiger partial charge in [0.25, 0.3) is 0 Å². The van der Waals surface area contributed by atoms with Crippen molar-refractivity contribution in [1.29, 1.82) is 0 Å². The van der Waals surface area contributed by atoms with Crippen molar-refractivity contribution in [3.8, 4) is 5.75 Å². The molecule has 3 aromatic rings.